The molecule has 3 N–H and O–H groups in total. The van der Waals surface area contributed by atoms with Crippen molar-refractivity contribution in [1.82, 2.24) is 0 Å². The van der Waals surface area contributed by atoms with Crippen LogP contribution in [-0.2, 0) is 14.8 Å². The average Bonchev–Trinajstić information content (AvgIpc) is 3.63. The van der Waals surface area contributed by atoms with Gasteiger partial charge in [-0.05, 0) is 92.6 Å². The Morgan fingerprint density at radius 3 is 2.42 bits per heavy atom. The highest BCUT2D eigenvalue weighted by Crippen LogP contribution is 2.41. The molecule has 202 valence electrons. The molecule has 12 heteroatoms. The Kier molecular flexibility index (Phi) is 8.02. The first-order valence-electron chi connectivity index (χ1n) is 11.6. The van der Waals surface area contributed by atoms with Gasteiger partial charge in [-0.3, -0.25) is 10.0 Å². The molecule has 38 heavy (non-hydrogen) atoms. The van der Waals surface area contributed by atoms with Crippen LogP contribution in [-0.4, -0.2) is 25.4 Å². The Bertz CT molecular complexity index is 1470. The molecule has 0 bridgehead atoms. The molecule has 3 aromatic carbocycles. The summed E-state index contributed by atoms with van der Waals surface area (Å²) in [5.41, 5.74) is -0.452. The van der Waals surface area contributed by atoms with Crippen LogP contribution in [0.25, 0.3) is 0 Å². The van der Waals surface area contributed by atoms with Crippen LogP contribution in [0.4, 0.5) is 36.3 Å². The van der Waals surface area contributed by atoms with Crippen molar-refractivity contribution in [3.63, 3.8) is 0 Å². The second-order valence-corrected chi connectivity index (χ2v) is 12.9. The Hall–Kier alpha value is -3.13. The molecule has 3 aromatic rings. The van der Waals surface area contributed by atoms with Crippen LogP contribution in [0.2, 0.25) is 0 Å². The Morgan fingerprint density at radius 2 is 1.76 bits per heavy atom. The van der Waals surface area contributed by atoms with E-state index in [1.165, 1.54) is 18.2 Å². The molecule has 0 saturated heterocycles. The third-order valence-corrected chi connectivity index (χ3v) is 7.69. The summed E-state index contributed by atoms with van der Waals surface area (Å²) in [5, 5.41) is 4.78. The molecule has 0 atom stereocenters. The SMILES string of the molecule is CC(C)(C)OC(=O)Nc1cccc(Oc2cc(F)cc(Nc3ccc(I)cc3F)c2NS(=O)(=O)C2CC2)c1. The van der Waals surface area contributed by atoms with E-state index in [9.17, 15) is 22.0 Å². The lowest BCUT2D eigenvalue weighted by molar-refractivity contribution is 0.0636. The van der Waals surface area contributed by atoms with Gasteiger partial charge in [0.25, 0.3) is 0 Å². The predicted molar refractivity (Wildman–Crippen MR) is 151 cm³/mol. The summed E-state index contributed by atoms with van der Waals surface area (Å²) in [5.74, 6) is -1.31. The van der Waals surface area contributed by atoms with Crippen molar-refractivity contribution in [1.29, 1.82) is 0 Å². The topological polar surface area (TPSA) is 106 Å². The van der Waals surface area contributed by atoms with E-state index >= 15 is 0 Å². The van der Waals surface area contributed by atoms with Crippen LogP contribution in [0, 0.1) is 15.2 Å². The number of nitrogens with one attached hydrogen (secondary N) is 3. The smallest absolute Gasteiger partial charge is 0.412 e. The zero-order valence-electron chi connectivity index (χ0n) is 20.8. The highest BCUT2D eigenvalue weighted by molar-refractivity contribution is 14.1. The molecular formula is C26H26F2IN3O5S. The van der Waals surface area contributed by atoms with Gasteiger partial charge in [0.2, 0.25) is 10.0 Å². The average molecular weight is 657 g/mol. The summed E-state index contributed by atoms with van der Waals surface area (Å²) < 4.78 is 69.3. The number of halogens is 3. The predicted octanol–water partition coefficient (Wildman–Crippen LogP) is 7.36. The first-order chi connectivity index (χ1) is 17.8. The van der Waals surface area contributed by atoms with Crippen molar-refractivity contribution in [2.75, 3.05) is 15.4 Å². The van der Waals surface area contributed by atoms with Crippen molar-refractivity contribution in [2.24, 2.45) is 0 Å². The zero-order valence-corrected chi connectivity index (χ0v) is 23.7. The molecule has 8 nitrogen and oxygen atoms in total. The summed E-state index contributed by atoms with van der Waals surface area (Å²) >= 11 is 1.96. The van der Waals surface area contributed by atoms with E-state index in [2.05, 4.69) is 15.4 Å². The fraction of sp³-hybridized carbons (Fsp3) is 0.269. The fourth-order valence-electron chi connectivity index (χ4n) is 3.39. The second-order valence-electron chi connectivity index (χ2n) is 9.68. The van der Waals surface area contributed by atoms with Crippen LogP contribution < -0.4 is 20.1 Å². The van der Waals surface area contributed by atoms with Crippen LogP contribution >= 0.6 is 22.6 Å². The van der Waals surface area contributed by atoms with Gasteiger partial charge in [0.05, 0.1) is 16.6 Å². The number of sulfonamides is 1. The van der Waals surface area contributed by atoms with Gasteiger partial charge >= 0.3 is 6.09 Å². The quantitative estimate of drug-likeness (QED) is 0.219. The van der Waals surface area contributed by atoms with Crippen molar-refractivity contribution >= 4 is 61.5 Å². The minimum atomic E-state index is -3.80. The Morgan fingerprint density at radius 1 is 1.03 bits per heavy atom. The number of benzene rings is 3. The molecule has 0 unspecified atom stereocenters. The maximum Gasteiger partial charge on any atom is 0.412 e. The number of amides is 1. The molecule has 0 radical (unpaired) electrons. The van der Waals surface area contributed by atoms with Crippen molar-refractivity contribution in [2.45, 2.75) is 44.5 Å². The van der Waals surface area contributed by atoms with Gasteiger partial charge in [-0.1, -0.05) is 6.07 Å². The van der Waals surface area contributed by atoms with Crippen molar-refractivity contribution in [3.8, 4) is 11.5 Å². The first-order valence-corrected chi connectivity index (χ1v) is 14.3. The van der Waals surface area contributed by atoms with Crippen LogP contribution in [0.5, 0.6) is 11.5 Å². The first kappa shape index (κ1) is 27.9. The van der Waals surface area contributed by atoms with Crippen LogP contribution in [0.15, 0.2) is 54.6 Å². The van der Waals surface area contributed by atoms with Crippen LogP contribution in [0.3, 0.4) is 0 Å². The standard InChI is InChI=1S/C26H26F2IN3O5S/c1-26(2,3)37-25(33)30-17-5-4-6-18(14-17)36-23-12-15(27)11-22(24(23)32-38(34,35)19-8-9-19)31-21-10-7-16(29)13-20(21)28/h4-7,10-14,19,31-32H,8-9H2,1-3H3,(H,30,33). The summed E-state index contributed by atoms with van der Waals surface area (Å²) in [7, 11) is -3.80. The minimum Gasteiger partial charge on any atom is -0.455 e. The monoisotopic (exact) mass is 657 g/mol. The summed E-state index contributed by atoms with van der Waals surface area (Å²) in [6.45, 7) is 5.19. The number of carbonyl (C=O) groups is 1. The van der Waals surface area contributed by atoms with E-state index in [-0.39, 0.29) is 28.6 Å². The molecular weight excluding hydrogens is 631 g/mol. The van der Waals surface area contributed by atoms with E-state index in [1.54, 1.807) is 45.0 Å². The fourth-order valence-corrected chi connectivity index (χ4v) is 5.26. The molecule has 1 fully saturated rings. The maximum absolute atomic E-state index is 14.7. The normalized spacial score (nSPS) is 13.5. The molecule has 1 aliphatic carbocycles. The summed E-state index contributed by atoms with van der Waals surface area (Å²) in [6.07, 6.45) is 0.323. The lowest BCUT2D eigenvalue weighted by atomic mass is 10.2. The third kappa shape index (κ3) is 7.47. The van der Waals surface area contributed by atoms with E-state index < -0.39 is 38.6 Å². The van der Waals surface area contributed by atoms with Crippen LogP contribution in [0.1, 0.15) is 33.6 Å². The van der Waals surface area contributed by atoms with Gasteiger partial charge in [-0.15, -0.1) is 0 Å². The molecule has 0 aromatic heterocycles. The summed E-state index contributed by atoms with van der Waals surface area (Å²) in [6, 6.07) is 12.7. The Labute approximate surface area is 233 Å². The number of rotatable bonds is 8. The zero-order chi connectivity index (χ0) is 27.7. The van der Waals surface area contributed by atoms with Gasteiger partial charge in [0, 0.05) is 21.4 Å². The van der Waals surface area contributed by atoms with Crippen molar-refractivity contribution in [3.05, 3.63) is 69.8 Å². The number of hydrogen-bond acceptors (Lipinski definition) is 6. The van der Waals surface area contributed by atoms with E-state index in [1.807, 2.05) is 22.6 Å². The van der Waals surface area contributed by atoms with Crippen molar-refractivity contribution < 1.29 is 31.5 Å². The van der Waals surface area contributed by atoms with E-state index in [0.29, 0.717) is 22.1 Å². The number of hydrogen-bond donors (Lipinski definition) is 3. The number of anilines is 4. The molecule has 0 spiro atoms. The number of ether oxygens (including phenoxy) is 2. The summed E-state index contributed by atoms with van der Waals surface area (Å²) in [4.78, 5) is 12.1. The second kappa shape index (κ2) is 10.9. The Balaban J connectivity index is 1.69. The molecule has 1 saturated carbocycles. The highest BCUT2D eigenvalue weighted by atomic mass is 127. The lowest BCUT2D eigenvalue weighted by Gasteiger charge is -2.20. The third-order valence-electron chi connectivity index (χ3n) is 5.18. The van der Waals surface area contributed by atoms with E-state index in [4.69, 9.17) is 9.47 Å². The van der Waals surface area contributed by atoms with Gasteiger partial charge in [-0.2, -0.15) is 0 Å². The molecule has 0 aliphatic heterocycles. The van der Waals surface area contributed by atoms with Gasteiger partial charge in [0.1, 0.15) is 28.7 Å². The molecule has 1 aliphatic rings. The number of carbonyl (C=O) groups excluding carboxylic acids is 1. The van der Waals surface area contributed by atoms with E-state index in [0.717, 1.165) is 12.1 Å². The van der Waals surface area contributed by atoms with Gasteiger partial charge in [0.15, 0.2) is 5.75 Å². The molecule has 4 rings (SSSR count). The minimum absolute atomic E-state index is 0.0254. The maximum atomic E-state index is 14.7. The largest absolute Gasteiger partial charge is 0.455 e. The van der Waals surface area contributed by atoms with Gasteiger partial charge in [-0.25, -0.2) is 22.0 Å². The molecule has 1 amide bonds. The molecule has 0 heterocycles. The lowest BCUT2D eigenvalue weighted by Crippen LogP contribution is -2.27. The van der Waals surface area contributed by atoms with Gasteiger partial charge < -0.3 is 14.8 Å². The highest BCUT2D eigenvalue weighted by Gasteiger charge is 2.37.